The highest BCUT2D eigenvalue weighted by Crippen LogP contribution is 2.29. The molecule has 0 aliphatic carbocycles. The lowest BCUT2D eigenvalue weighted by Gasteiger charge is -2.33. The molecule has 1 heterocycles. The number of para-hydroxylation sites is 2. The largest absolute Gasteiger partial charge is 0.370 e. The molecule has 1 amide bonds. The van der Waals surface area contributed by atoms with Crippen molar-refractivity contribution in [2.24, 2.45) is 11.8 Å². The van der Waals surface area contributed by atoms with Gasteiger partial charge in [0.25, 0.3) is 0 Å². The van der Waals surface area contributed by atoms with E-state index < -0.39 is 0 Å². The third-order valence-corrected chi connectivity index (χ3v) is 3.90. The standard InChI is InChI=1S/C17H26N2O/c1-13(2)12-17(20)18-15-6-4-5-7-16(15)19-10-8-14(3)9-11-19/h4-7,13-14H,8-12H2,1-3H3,(H,18,20). The Labute approximate surface area is 122 Å². The zero-order valence-corrected chi connectivity index (χ0v) is 12.9. The fraction of sp³-hybridized carbons (Fsp3) is 0.588. The van der Waals surface area contributed by atoms with Crippen LogP contribution in [0, 0.1) is 11.8 Å². The highest BCUT2D eigenvalue weighted by molar-refractivity contribution is 5.94. The van der Waals surface area contributed by atoms with Crippen molar-refractivity contribution in [3.8, 4) is 0 Å². The van der Waals surface area contributed by atoms with E-state index in [2.05, 4.69) is 37.1 Å². The molecule has 0 saturated carbocycles. The molecule has 1 N–H and O–H groups in total. The van der Waals surface area contributed by atoms with Gasteiger partial charge in [0.2, 0.25) is 5.91 Å². The lowest BCUT2D eigenvalue weighted by Crippen LogP contribution is -2.33. The average Bonchev–Trinajstić information content (AvgIpc) is 2.39. The highest BCUT2D eigenvalue weighted by atomic mass is 16.1. The van der Waals surface area contributed by atoms with Crippen LogP contribution in [-0.4, -0.2) is 19.0 Å². The summed E-state index contributed by atoms with van der Waals surface area (Å²) in [5.41, 5.74) is 2.12. The van der Waals surface area contributed by atoms with Gasteiger partial charge in [0.05, 0.1) is 11.4 Å². The van der Waals surface area contributed by atoms with E-state index in [9.17, 15) is 4.79 Å². The molecule has 0 aromatic heterocycles. The molecule has 0 unspecified atom stereocenters. The minimum absolute atomic E-state index is 0.109. The topological polar surface area (TPSA) is 32.3 Å². The molecule has 2 rings (SSSR count). The Balaban J connectivity index is 2.08. The normalized spacial score (nSPS) is 16.5. The van der Waals surface area contributed by atoms with E-state index >= 15 is 0 Å². The Bertz CT molecular complexity index is 448. The van der Waals surface area contributed by atoms with Crippen LogP contribution in [0.4, 0.5) is 11.4 Å². The molecular formula is C17H26N2O. The van der Waals surface area contributed by atoms with E-state index in [1.54, 1.807) is 0 Å². The summed E-state index contributed by atoms with van der Waals surface area (Å²) in [7, 11) is 0. The summed E-state index contributed by atoms with van der Waals surface area (Å²) in [4.78, 5) is 14.4. The van der Waals surface area contributed by atoms with Crippen molar-refractivity contribution < 1.29 is 4.79 Å². The number of carbonyl (C=O) groups excluding carboxylic acids is 1. The number of hydrogen-bond donors (Lipinski definition) is 1. The number of benzene rings is 1. The van der Waals surface area contributed by atoms with E-state index in [4.69, 9.17) is 0 Å². The van der Waals surface area contributed by atoms with E-state index in [0.29, 0.717) is 12.3 Å². The summed E-state index contributed by atoms with van der Waals surface area (Å²) in [5, 5.41) is 3.07. The SMILES string of the molecule is CC(C)CC(=O)Nc1ccccc1N1CCC(C)CC1. The van der Waals surface area contributed by atoms with Gasteiger partial charge < -0.3 is 10.2 Å². The van der Waals surface area contributed by atoms with Gasteiger partial charge in [0, 0.05) is 19.5 Å². The molecule has 0 bridgehead atoms. The Morgan fingerprint density at radius 2 is 1.95 bits per heavy atom. The van der Waals surface area contributed by atoms with E-state index in [1.165, 1.54) is 12.8 Å². The Morgan fingerprint density at radius 3 is 2.60 bits per heavy atom. The zero-order chi connectivity index (χ0) is 14.5. The van der Waals surface area contributed by atoms with Gasteiger partial charge >= 0.3 is 0 Å². The molecular weight excluding hydrogens is 248 g/mol. The summed E-state index contributed by atoms with van der Waals surface area (Å²) in [5.74, 6) is 1.31. The molecule has 1 fully saturated rings. The number of anilines is 2. The molecule has 0 spiro atoms. The number of carbonyl (C=O) groups is 1. The summed E-state index contributed by atoms with van der Waals surface area (Å²) < 4.78 is 0. The number of piperidine rings is 1. The predicted molar refractivity (Wildman–Crippen MR) is 85.1 cm³/mol. The van der Waals surface area contributed by atoms with Gasteiger partial charge in [-0.25, -0.2) is 0 Å². The van der Waals surface area contributed by atoms with E-state index in [-0.39, 0.29) is 5.91 Å². The first kappa shape index (κ1) is 14.9. The maximum Gasteiger partial charge on any atom is 0.224 e. The van der Waals surface area contributed by atoms with Crippen molar-refractivity contribution in [2.45, 2.75) is 40.0 Å². The Morgan fingerprint density at radius 1 is 1.30 bits per heavy atom. The van der Waals surface area contributed by atoms with Crippen LogP contribution in [-0.2, 0) is 4.79 Å². The second-order valence-electron chi connectivity index (χ2n) is 6.33. The minimum Gasteiger partial charge on any atom is -0.370 e. The molecule has 0 radical (unpaired) electrons. The third kappa shape index (κ3) is 3.99. The number of hydrogen-bond acceptors (Lipinski definition) is 2. The predicted octanol–water partition coefficient (Wildman–Crippen LogP) is 3.91. The summed E-state index contributed by atoms with van der Waals surface area (Å²) in [6, 6.07) is 8.15. The van der Waals surface area contributed by atoms with Crippen LogP contribution in [0.1, 0.15) is 40.0 Å². The van der Waals surface area contributed by atoms with Gasteiger partial charge in [-0.15, -0.1) is 0 Å². The van der Waals surface area contributed by atoms with Crippen molar-refractivity contribution >= 4 is 17.3 Å². The van der Waals surface area contributed by atoms with Crippen LogP contribution < -0.4 is 10.2 Å². The molecule has 3 nitrogen and oxygen atoms in total. The van der Waals surface area contributed by atoms with Gasteiger partial charge in [-0.3, -0.25) is 4.79 Å². The van der Waals surface area contributed by atoms with Crippen LogP contribution >= 0.6 is 0 Å². The number of amides is 1. The maximum atomic E-state index is 12.0. The summed E-state index contributed by atoms with van der Waals surface area (Å²) in [6.45, 7) is 8.61. The Kier molecular flexibility index (Phi) is 5.05. The molecule has 1 aromatic carbocycles. The van der Waals surface area contributed by atoms with Crippen molar-refractivity contribution in [2.75, 3.05) is 23.3 Å². The fourth-order valence-corrected chi connectivity index (χ4v) is 2.68. The number of nitrogens with one attached hydrogen (secondary N) is 1. The monoisotopic (exact) mass is 274 g/mol. The number of rotatable bonds is 4. The van der Waals surface area contributed by atoms with Gasteiger partial charge in [0.15, 0.2) is 0 Å². The van der Waals surface area contributed by atoms with Crippen LogP contribution in [0.25, 0.3) is 0 Å². The molecule has 1 aliphatic heterocycles. The van der Waals surface area contributed by atoms with Crippen LogP contribution in [0.2, 0.25) is 0 Å². The second-order valence-corrected chi connectivity index (χ2v) is 6.33. The molecule has 1 saturated heterocycles. The fourth-order valence-electron chi connectivity index (χ4n) is 2.68. The minimum atomic E-state index is 0.109. The molecule has 20 heavy (non-hydrogen) atoms. The van der Waals surface area contributed by atoms with Gasteiger partial charge in [-0.2, -0.15) is 0 Å². The van der Waals surface area contributed by atoms with Crippen molar-refractivity contribution in [1.82, 2.24) is 0 Å². The number of nitrogens with zero attached hydrogens (tertiary/aromatic N) is 1. The van der Waals surface area contributed by atoms with Crippen molar-refractivity contribution in [1.29, 1.82) is 0 Å². The Hall–Kier alpha value is -1.51. The smallest absolute Gasteiger partial charge is 0.224 e. The summed E-state index contributed by atoms with van der Waals surface area (Å²) in [6.07, 6.45) is 3.04. The van der Waals surface area contributed by atoms with Gasteiger partial charge in [-0.1, -0.05) is 32.9 Å². The first-order valence-corrected chi connectivity index (χ1v) is 7.70. The highest BCUT2D eigenvalue weighted by Gasteiger charge is 2.18. The first-order valence-electron chi connectivity index (χ1n) is 7.70. The molecule has 1 aromatic rings. The van der Waals surface area contributed by atoms with Crippen LogP contribution in [0.15, 0.2) is 24.3 Å². The van der Waals surface area contributed by atoms with E-state index in [0.717, 1.165) is 30.4 Å². The van der Waals surface area contributed by atoms with Gasteiger partial charge in [0.1, 0.15) is 0 Å². The molecule has 110 valence electrons. The lowest BCUT2D eigenvalue weighted by atomic mass is 9.98. The van der Waals surface area contributed by atoms with Gasteiger partial charge in [-0.05, 0) is 36.8 Å². The van der Waals surface area contributed by atoms with Crippen molar-refractivity contribution in [3.05, 3.63) is 24.3 Å². The first-order chi connectivity index (χ1) is 9.56. The lowest BCUT2D eigenvalue weighted by molar-refractivity contribution is -0.116. The van der Waals surface area contributed by atoms with E-state index in [1.807, 2.05) is 18.2 Å². The molecule has 0 atom stereocenters. The average molecular weight is 274 g/mol. The van der Waals surface area contributed by atoms with Crippen molar-refractivity contribution in [3.63, 3.8) is 0 Å². The van der Waals surface area contributed by atoms with Crippen LogP contribution in [0.3, 0.4) is 0 Å². The second kappa shape index (κ2) is 6.78. The van der Waals surface area contributed by atoms with Crippen LogP contribution in [0.5, 0.6) is 0 Å². The third-order valence-electron chi connectivity index (χ3n) is 3.90. The molecule has 1 aliphatic rings. The maximum absolute atomic E-state index is 12.0. The zero-order valence-electron chi connectivity index (χ0n) is 12.9. The summed E-state index contributed by atoms with van der Waals surface area (Å²) >= 11 is 0. The molecule has 3 heteroatoms. The quantitative estimate of drug-likeness (QED) is 0.903.